The molecule has 0 bridgehead atoms. The summed E-state index contributed by atoms with van der Waals surface area (Å²) in [5, 5.41) is 20.0. The lowest BCUT2D eigenvalue weighted by molar-refractivity contribution is -0.384. The van der Waals surface area contributed by atoms with Gasteiger partial charge in [0.25, 0.3) is 5.69 Å². The zero-order valence-electron chi connectivity index (χ0n) is 11.8. The van der Waals surface area contributed by atoms with E-state index in [1.165, 1.54) is 17.0 Å². The summed E-state index contributed by atoms with van der Waals surface area (Å²) in [5.41, 5.74) is 4.86. The van der Waals surface area contributed by atoms with Crippen molar-refractivity contribution in [1.29, 1.82) is 0 Å². The first-order valence-electron chi connectivity index (χ1n) is 6.27. The number of nitrogens with zero attached hydrogens (tertiary/aromatic N) is 2. The Balaban J connectivity index is 3.31. The average Bonchev–Trinajstić information content (AvgIpc) is 2.35. The molecule has 0 saturated heterocycles. The summed E-state index contributed by atoms with van der Waals surface area (Å²) in [6.45, 7) is 4.05. The number of carboxylic acids is 1. The summed E-state index contributed by atoms with van der Waals surface area (Å²) >= 11 is 0. The lowest BCUT2D eigenvalue weighted by Crippen LogP contribution is -2.37. The van der Waals surface area contributed by atoms with Crippen molar-refractivity contribution < 1.29 is 19.6 Å². The van der Waals surface area contributed by atoms with Crippen LogP contribution in [0.5, 0.6) is 0 Å². The molecule has 0 unspecified atom stereocenters. The number of hydrogen-bond acceptors (Lipinski definition) is 5. The fraction of sp³-hybridized carbons (Fsp3) is 0.385. The van der Waals surface area contributed by atoms with Crippen molar-refractivity contribution in [2.24, 2.45) is 11.7 Å². The highest BCUT2D eigenvalue weighted by Crippen LogP contribution is 2.26. The first-order valence-corrected chi connectivity index (χ1v) is 6.27. The molecule has 1 aromatic carbocycles. The fourth-order valence-electron chi connectivity index (χ4n) is 1.96. The van der Waals surface area contributed by atoms with Crippen LogP contribution in [0, 0.1) is 16.0 Å². The molecule has 1 amide bonds. The Bertz CT molecular complexity index is 571. The predicted octanol–water partition coefficient (Wildman–Crippen LogP) is 1.24. The molecule has 0 heterocycles. The highest BCUT2D eigenvalue weighted by Gasteiger charge is 2.21. The molecular formula is C13H17N3O5. The van der Waals surface area contributed by atoms with Gasteiger partial charge >= 0.3 is 5.97 Å². The molecule has 8 heteroatoms. The SMILES string of the molecule is CC(C)CN(CC(N)=O)c1ccc([N+](=O)[O-])cc1C(=O)O. The van der Waals surface area contributed by atoms with Crippen LogP contribution in [0.2, 0.25) is 0 Å². The van der Waals surface area contributed by atoms with Gasteiger partial charge in [-0.25, -0.2) is 4.79 Å². The number of rotatable bonds is 7. The van der Waals surface area contributed by atoms with Crippen molar-refractivity contribution in [2.75, 3.05) is 18.0 Å². The number of nitrogens with two attached hydrogens (primary N) is 1. The van der Waals surface area contributed by atoms with Crippen LogP contribution in [-0.4, -0.2) is 35.0 Å². The number of hydrogen-bond donors (Lipinski definition) is 2. The third-order valence-corrected chi connectivity index (χ3v) is 2.69. The molecule has 21 heavy (non-hydrogen) atoms. The van der Waals surface area contributed by atoms with E-state index in [9.17, 15) is 24.8 Å². The van der Waals surface area contributed by atoms with E-state index in [0.29, 0.717) is 6.54 Å². The molecule has 0 fully saturated rings. The molecule has 0 aliphatic carbocycles. The molecule has 8 nitrogen and oxygen atoms in total. The molecular weight excluding hydrogens is 278 g/mol. The second-order valence-corrected chi connectivity index (χ2v) is 5.00. The van der Waals surface area contributed by atoms with Gasteiger partial charge in [-0.15, -0.1) is 0 Å². The van der Waals surface area contributed by atoms with Crippen molar-refractivity contribution >= 4 is 23.3 Å². The van der Waals surface area contributed by atoms with Crippen LogP contribution < -0.4 is 10.6 Å². The van der Waals surface area contributed by atoms with Crippen molar-refractivity contribution in [2.45, 2.75) is 13.8 Å². The van der Waals surface area contributed by atoms with Crippen molar-refractivity contribution in [3.05, 3.63) is 33.9 Å². The van der Waals surface area contributed by atoms with Crippen molar-refractivity contribution in [1.82, 2.24) is 0 Å². The number of amides is 1. The summed E-state index contributed by atoms with van der Waals surface area (Å²) in [7, 11) is 0. The van der Waals surface area contributed by atoms with Gasteiger partial charge < -0.3 is 15.7 Å². The van der Waals surface area contributed by atoms with E-state index in [0.717, 1.165) is 6.07 Å². The van der Waals surface area contributed by atoms with Gasteiger partial charge in [0.05, 0.1) is 22.7 Å². The normalized spacial score (nSPS) is 10.4. The molecule has 1 aromatic rings. The van der Waals surface area contributed by atoms with Crippen LogP contribution in [0.15, 0.2) is 18.2 Å². The molecule has 114 valence electrons. The van der Waals surface area contributed by atoms with Crippen LogP contribution in [-0.2, 0) is 4.79 Å². The molecule has 0 aliphatic heterocycles. The first kappa shape index (κ1) is 16.4. The lowest BCUT2D eigenvalue weighted by atomic mass is 10.1. The second kappa shape index (κ2) is 6.69. The Morgan fingerprint density at radius 3 is 2.48 bits per heavy atom. The molecule has 0 aromatic heterocycles. The highest BCUT2D eigenvalue weighted by molar-refractivity contribution is 5.96. The standard InChI is InChI=1S/C13H17N3O5/c1-8(2)6-15(7-12(14)17)11-4-3-9(16(20)21)5-10(11)13(18)19/h3-5,8H,6-7H2,1-2H3,(H2,14,17)(H,18,19). The fourth-order valence-corrected chi connectivity index (χ4v) is 1.96. The number of aromatic carboxylic acids is 1. The van der Waals surface area contributed by atoms with Crippen LogP contribution >= 0.6 is 0 Å². The van der Waals surface area contributed by atoms with Gasteiger partial charge in [-0.05, 0) is 12.0 Å². The van der Waals surface area contributed by atoms with Crippen LogP contribution in [0.1, 0.15) is 24.2 Å². The Kier molecular flexibility index (Phi) is 5.23. The van der Waals surface area contributed by atoms with Crippen LogP contribution in [0.25, 0.3) is 0 Å². The molecule has 0 aliphatic rings. The number of carboxylic acid groups (broad SMARTS) is 1. The number of anilines is 1. The van der Waals surface area contributed by atoms with E-state index in [4.69, 9.17) is 5.73 Å². The summed E-state index contributed by atoms with van der Waals surface area (Å²) in [6, 6.07) is 3.51. The Labute approximate surface area is 121 Å². The maximum absolute atomic E-state index is 11.3. The molecule has 0 atom stereocenters. The molecule has 0 saturated carbocycles. The molecule has 0 radical (unpaired) electrons. The largest absolute Gasteiger partial charge is 0.478 e. The van der Waals surface area contributed by atoms with Crippen molar-refractivity contribution in [3.63, 3.8) is 0 Å². The van der Waals surface area contributed by atoms with Crippen LogP contribution in [0.4, 0.5) is 11.4 Å². The minimum absolute atomic E-state index is 0.154. The van der Waals surface area contributed by atoms with Gasteiger partial charge in [-0.1, -0.05) is 13.8 Å². The summed E-state index contributed by atoms with van der Waals surface area (Å²) in [6.07, 6.45) is 0. The van der Waals surface area contributed by atoms with E-state index in [2.05, 4.69) is 0 Å². The van der Waals surface area contributed by atoms with Gasteiger partial charge in [-0.2, -0.15) is 0 Å². The van der Waals surface area contributed by atoms with Gasteiger partial charge in [0.2, 0.25) is 5.91 Å². The zero-order chi connectivity index (χ0) is 16.2. The Morgan fingerprint density at radius 2 is 2.05 bits per heavy atom. The zero-order valence-corrected chi connectivity index (χ0v) is 11.8. The highest BCUT2D eigenvalue weighted by atomic mass is 16.6. The minimum Gasteiger partial charge on any atom is -0.478 e. The number of nitro benzene ring substituents is 1. The second-order valence-electron chi connectivity index (χ2n) is 5.00. The maximum Gasteiger partial charge on any atom is 0.338 e. The quantitative estimate of drug-likeness (QED) is 0.575. The van der Waals surface area contributed by atoms with E-state index in [1.807, 2.05) is 13.8 Å². The lowest BCUT2D eigenvalue weighted by Gasteiger charge is -2.26. The number of nitro groups is 1. The third kappa shape index (κ3) is 4.44. The molecule has 1 rings (SSSR count). The Hall–Kier alpha value is -2.64. The minimum atomic E-state index is -1.30. The number of primary amides is 1. The molecule has 0 spiro atoms. The average molecular weight is 295 g/mol. The van der Waals surface area contributed by atoms with Gasteiger partial charge in [0, 0.05) is 18.7 Å². The number of carbonyl (C=O) groups is 2. The third-order valence-electron chi connectivity index (χ3n) is 2.69. The molecule has 3 N–H and O–H groups in total. The number of benzene rings is 1. The smallest absolute Gasteiger partial charge is 0.338 e. The predicted molar refractivity (Wildman–Crippen MR) is 76.3 cm³/mol. The van der Waals surface area contributed by atoms with E-state index < -0.39 is 16.8 Å². The van der Waals surface area contributed by atoms with Gasteiger partial charge in [-0.3, -0.25) is 14.9 Å². The van der Waals surface area contributed by atoms with Crippen molar-refractivity contribution in [3.8, 4) is 0 Å². The summed E-state index contributed by atoms with van der Waals surface area (Å²) < 4.78 is 0. The monoisotopic (exact) mass is 295 g/mol. The summed E-state index contributed by atoms with van der Waals surface area (Å²) in [4.78, 5) is 34.0. The topological polar surface area (TPSA) is 127 Å². The van der Waals surface area contributed by atoms with E-state index in [1.54, 1.807) is 0 Å². The number of non-ortho nitro benzene ring substituents is 1. The maximum atomic E-state index is 11.3. The number of carbonyl (C=O) groups excluding carboxylic acids is 1. The van der Waals surface area contributed by atoms with E-state index >= 15 is 0 Å². The first-order chi connectivity index (χ1) is 9.72. The van der Waals surface area contributed by atoms with E-state index in [-0.39, 0.29) is 29.4 Å². The van der Waals surface area contributed by atoms with Gasteiger partial charge in [0.1, 0.15) is 0 Å². The van der Waals surface area contributed by atoms with Crippen LogP contribution in [0.3, 0.4) is 0 Å². The summed E-state index contributed by atoms with van der Waals surface area (Å²) in [5.74, 6) is -1.75. The van der Waals surface area contributed by atoms with Gasteiger partial charge in [0.15, 0.2) is 0 Å². The Morgan fingerprint density at radius 1 is 1.43 bits per heavy atom.